The molecule has 1 aromatic carbocycles. The van der Waals surface area contributed by atoms with Gasteiger partial charge in [-0.25, -0.2) is 8.42 Å². The van der Waals surface area contributed by atoms with Gasteiger partial charge in [-0.15, -0.1) is 0 Å². The Kier molecular flexibility index (Phi) is 3.81. The van der Waals surface area contributed by atoms with Gasteiger partial charge < -0.3 is 11.1 Å². The molecular formula is C12H18N2O2S. The molecule has 3 N–H and O–H groups in total. The maximum absolute atomic E-state index is 12.3. The normalized spacial score (nSPS) is 18.2. The highest BCUT2D eigenvalue weighted by Crippen LogP contribution is 2.22. The third kappa shape index (κ3) is 2.68. The van der Waals surface area contributed by atoms with Crippen LogP contribution in [-0.4, -0.2) is 26.8 Å². The van der Waals surface area contributed by atoms with Gasteiger partial charge in [-0.3, -0.25) is 0 Å². The molecule has 4 nitrogen and oxygen atoms in total. The second-order valence-corrected chi connectivity index (χ2v) is 6.57. The number of benzene rings is 1. The number of rotatable bonds is 3. The molecule has 1 aromatic rings. The van der Waals surface area contributed by atoms with Gasteiger partial charge >= 0.3 is 0 Å². The number of hydrogen-bond acceptors (Lipinski definition) is 4. The van der Waals surface area contributed by atoms with Gasteiger partial charge in [0.2, 0.25) is 0 Å². The van der Waals surface area contributed by atoms with Crippen LogP contribution in [0.5, 0.6) is 0 Å². The molecule has 17 heavy (non-hydrogen) atoms. The van der Waals surface area contributed by atoms with Crippen molar-refractivity contribution < 1.29 is 8.42 Å². The smallest absolute Gasteiger partial charge is 0.181 e. The lowest BCUT2D eigenvalue weighted by Gasteiger charge is -2.22. The lowest BCUT2D eigenvalue weighted by Crippen LogP contribution is -2.35. The zero-order chi connectivity index (χ0) is 12.3. The zero-order valence-corrected chi connectivity index (χ0v) is 10.5. The van der Waals surface area contributed by atoms with E-state index in [1.807, 2.05) is 0 Å². The van der Waals surface area contributed by atoms with E-state index in [1.54, 1.807) is 24.3 Å². The molecule has 1 saturated heterocycles. The maximum Gasteiger partial charge on any atom is 0.181 e. The highest BCUT2D eigenvalue weighted by molar-refractivity contribution is 7.92. The minimum absolute atomic E-state index is 0.243. The minimum Gasteiger partial charge on any atom is -0.326 e. The van der Waals surface area contributed by atoms with Gasteiger partial charge in [0.1, 0.15) is 0 Å². The van der Waals surface area contributed by atoms with E-state index in [9.17, 15) is 8.42 Å². The van der Waals surface area contributed by atoms with Gasteiger partial charge in [-0.2, -0.15) is 0 Å². The van der Waals surface area contributed by atoms with Crippen molar-refractivity contribution in [3.63, 3.8) is 0 Å². The maximum atomic E-state index is 12.3. The molecule has 0 radical (unpaired) electrons. The fourth-order valence-electron chi connectivity index (χ4n) is 2.11. The number of sulfone groups is 1. The first kappa shape index (κ1) is 12.5. The van der Waals surface area contributed by atoms with Gasteiger partial charge in [-0.1, -0.05) is 12.1 Å². The molecular weight excluding hydrogens is 236 g/mol. The first-order valence-corrected chi connectivity index (χ1v) is 7.43. The Morgan fingerprint density at radius 3 is 2.29 bits per heavy atom. The Morgan fingerprint density at radius 1 is 1.18 bits per heavy atom. The van der Waals surface area contributed by atoms with E-state index in [0.29, 0.717) is 24.3 Å². The quantitative estimate of drug-likeness (QED) is 0.831. The third-order valence-corrected chi connectivity index (χ3v) is 5.49. The predicted octanol–water partition coefficient (Wildman–Crippen LogP) is 0.671. The van der Waals surface area contributed by atoms with Crippen LogP contribution in [0.1, 0.15) is 18.4 Å². The molecule has 0 spiro atoms. The second kappa shape index (κ2) is 5.16. The molecule has 94 valence electrons. The average Bonchev–Trinajstić information content (AvgIpc) is 2.40. The van der Waals surface area contributed by atoms with Crippen LogP contribution in [0.25, 0.3) is 0 Å². The standard InChI is InChI=1S/C12H18N2O2S/c13-9-10-1-3-11(4-2-10)17(15,16)12-5-7-14-8-6-12/h1-4,12,14H,5-9,13H2. The van der Waals surface area contributed by atoms with Crippen molar-refractivity contribution in [2.75, 3.05) is 13.1 Å². The summed E-state index contributed by atoms with van der Waals surface area (Å²) < 4.78 is 24.7. The van der Waals surface area contributed by atoms with E-state index in [-0.39, 0.29) is 5.25 Å². The fourth-order valence-corrected chi connectivity index (χ4v) is 3.87. The van der Waals surface area contributed by atoms with Gasteiger partial charge in [0, 0.05) is 6.54 Å². The van der Waals surface area contributed by atoms with Gasteiger partial charge in [0.05, 0.1) is 10.1 Å². The molecule has 5 heteroatoms. The van der Waals surface area contributed by atoms with Crippen molar-refractivity contribution in [2.45, 2.75) is 29.5 Å². The highest BCUT2D eigenvalue weighted by atomic mass is 32.2. The summed E-state index contributed by atoms with van der Waals surface area (Å²) in [6.07, 6.45) is 1.39. The highest BCUT2D eigenvalue weighted by Gasteiger charge is 2.28. The SMILES string of the molecule is NCc1ccc(S(=O)(=O)C2CCNCC2)cc1. The van der Waals surface area contributed by atoms with Crippen LogP contribution in [0.15, 0.2) is 29.2 Å². The molecule has 2 rings (SSSR count). The lowest BCUT2D eigenvalue weighted by atomic mass is 10.2. The molecule has 0 unspecified atom stereocenters. The summed E-state index contributed by atoms with van der Waals surface area (Å²) in [4.78, 5) is 0.418. The molecule has 0 aromatic heterocycles. The van der Waals surface area contributed by atoms with Crippen LogP contribution in [0.3, 0.4) is 0 Å². The third-order valence-electron chi connectivity index (χ3n) is 3.21. The van der Waals surface area contributed by atoms with Crippen molar-refractivity contribution in [1.82, 2.24) is 5.32 Å². The van der Waals surface area contributed by atoms with Gasteiger partial charge in [0.15, 0.2) is 9.84 Å². The van der Waals surface area contributed by atoms with Crippen molar-refractivity contribution in [2.24, 2.45) is 5.73 Å². The van der Waals surface area contributed by atoms with Crippen LogP contribution in [0.4, 0.5) is 0 Å². The molecule has 1 aliphatic rings. The van der Waals surface area contributed by atoms with Crippen molar-refractivity contribution in [3.05, 3.63) is 29.8 Å². The predicted molar refractivity (Wildman–Crippen MR) is 67.4 cm³/mol. The zero-order valence-electron chi connectivity index (χ0n) is 9.72. The molecule has 0 saturated carbocycles. The molecule has 1 heterocycles. The monoisotopic (exact) mass is 254 g/mol. The van der Waals surface area contributed by atoms with Crippen LogP contribution in [-0.2, 0) is 16.4 Å². The van der Waals surface area contributed by atoms with Crippen molar-refractivity contribution in [3.8, 4) is 0 Å². The first-order chi connectivity index (χ1) is 8.14. The van der Waals surface area contributed by atoms with E-state index in [1.165, 1.54) is 0 Å². The Balaban J connectivity index is 2.23. The van der Waals surface area contributed by atoms with Crippen LogP contribution in [0, 0.1) is 0 Å². The fraction of sp³-hybridized carbons (Fsp3) is 0.500. The first-order valence-electron chi connectivity index (χ1n) is 5.88. The molecule has 1 fully saturated rings. The van der Waals surface area contributed by atoms with Crippen LogP contribution >= 0.6 is 0 Å². The second-order valence-electron chi connectivity index (χ2n) is 4.34. The van der Waals surface area contributed by atoms with E-state index >= 15 is 0 Å². The molecule has 0 aliphatic carbocycles. The minimum atomic E-state index is -3.17. The number of piperidine rings is 1. The van der Waals surface area contributed by atoms with Crippen LogP contribution < -0.4 is 11.1 Å². The molecule has 0 atom stereocenters. The average molecular weight is 254 g/mol. The molecule has 0 bridgehead atoms. The van der Waals surface area contributed by atoms with E-state index in [0.717, 1.165) is 18.7 Å². The summed E-state index contributed by atoms with van der Waals surface area (Å²) in [6, 6.07) is 6.90. The van der Waals surface area contributed by atoms with Crippen molar-refractivity contribution >= 4 is 9.84 Å². The van der Waals surface area contributed by atoms with Gasteiger partial charge in [-0.05, 0) is 43.6 Å². The summed E-state index contributed by atoms with van der Waals surface area (Å²) in [5.41, 5.74) is 6.45. The van der Waals surface area contributed by atoms with Crippen LogP contribution in [0.2, 0.25) is 0 Å². The largest absolute Gasteiger partial charge is 0.326 e. The Bertz CT molecular complexity index is 462. The molecule has 1 aliphatic heterocycles. The number of hydrogen-bond donors (Lipinski definition) is 2. The topological polar surface area (TPSA) is 72.2 Å². The van der Waals surface area contributed by atoms with Crippen molar-refractivity contribution in [1.29, 1.82) is 0 Å². The van der Waals surface area contributed by atoms with E-state index in [4.69, 9.17) is 5.73 Å². The van der Waals surface area contributed by atoms with E-state index in [2.05, 4.69) is 5.32 Å². The number of nitrogens with one attached hydrogen (secondary N) is 1. The summed E-state index contributed by atoms with van der Waals surface area (Å²) in [7, 11) is -3.17. The summed E-state index contributed by atoms with van der Waals surface area (Å²) >= 11 is 0. The summed E-state index contributed by atoms with van der Waals surface area (Å²) in [5.74, 6) is 0. The lowest BCUT2D eigenvalue weighted by molar-refractivity contribution is 0.496. The van der Waals surface area contributed by atoms with E-state index < -0.39 is 9.84 Å². The Hall–Kier alpha value is -0.910. The Morgan fingerprint density at radius 2 is 1.76 bits per heavy atom. The summed E-state index contributed by atoms with van der Waals surface area (Å²) in [6.45, 7) is 2.00. The molecule has 0 amide bonds. The summed E-state index contributed by atoms with van der Waals surface area (Å²) in [5, 5.41) is 2.93. The Labute approximate surface area is 102 Å². The van der Waals surface area contributed by atoms with Gasteiger partial charge in [0.25, 0.3) is 0 Å². The number of nitrogens with two attached hydrogens (primary N) is 1.